The van der Waals surface area contributed by atoms with Crippen LogP contribution >= 0.6 is 0 Å². The molecule has 0 atom stereocenters. The van der Waals surface area contributed by atoms with E-state index in [0.29, 0.717) is 26.3 Å². The highest BCUT2D eigenvalue weighted by molar-refractivity contribution is 5.78. The summed E-state index contributed by atoms with van der Waals surface area (Å²) in [6.07, 6.45) is 0. The van der Waals surface area contributed by atoms with Gasteiger partial charge in [-0.3, -0.25) is 14.4 Å². The molecule has 27 heavy (non-hydrogen) atoms. The van der Waals surface area contributed by atoms with Gasteiger partial charge >= 0.3 is 0 Å². The summed E-state index contributed by atoms with van der Waals surface area (Å²) in [5.41, 5.74) is 4.27. The van der Waals surface area contributed by atoms with Crippen molar-refractivity contribution in [2.45, 2.75) is 46.3 Å². The summed E-state index contributed by atoms with van der Waals surface area (Å²) in [6, 6.07) is 10.3. The molecule has 146 valence electrons. The number of rotatable bonds is 6. The molecule has 0 spiro atoms. The summed E-state index contributed by atoms with van der Waals surface area (Å²) in [6.45, 7) is 12.1. The number of aromatic nitrogens is 2. The number of hydrogen-bond donors (Lipinski definition) is 1. The van der Waals surface area contributed by atoms with Gasteiger partial charge < -0.3 is 10.1 Å². The Morgan fingerprint density at radius 3 is 2.70 bits per heavy atom. The number of aryl methyl sites for hydroxylation is 1. The Morgan fingerprint density at radius 1 is 1.26 bits per heavy atom. The first-order chi connectivity index (χ1) is 12.9. The minimum atomic E-state index is -0.109. The first-order valence-electron chi connectivity index (χ1n) is 9.53. The quantitative estimate of drug-likeness (QED) is 0.847. The monoisotopic (exact) mass is 370 g/mol. The van der Waals surface area contributed by atoms with Crippen molar-refractivity contribution < 1.29 is 9.53 Å². The van der Waals surface area contributed by atoms with Gasteiger partial charge in [0.15, 0.2) is 0 Å². The Balaban J connectivity index is 1.60. The van der Waals surface area contributed by atoms with E-state index in [1.165, 1.54) is 5.56 Å². The van der Waals surface area contributed by atoms with E-state index in [1.54, 1.807) is 0 Å². The Kier molecular flexibility index (Phi) is 5.97. The SMILES string of the molecule is Cc1nn(Cc2ccccc2)c(C)c1CNC(=O)CN1CCOCC1(C)C. The second-order valence-corrected chi connectivity index (χ2v) is 7.86. The Bertz CT molecular complexity index is 783. The van der Waals surface area contributed by atoms with Crippen molar-refractivity contribution in [2.75, 3.05) is 26.3 Å². The molecular weight excluding hydrogens is 340 g/mol. The smallest absolute Gasteiger partial charge is 0.234 e. The number of ether oxygens (including phenoxy) is 1. The summed E-state index contributed by atoms with van der Waals surface area (Å²) in [7, 11) is 0. The average molecular weight is 370 g/mol. The van der Waals surface area contributed by atoms with Gasteiger partial charge in [0.2, 0.25) is 5.91 Å². The molecule has 0 unspecified atom stereocenters. The van der Waals surface area contributed by atoms with Crippen molar-refractivity contribution in [3.63, 3.8) is 0 Å². The molecule has 1 aliphatic rings. The molecule has 3 rings (SSSR count). The molecule has 0 aliphatic carbocycles. The Morgan fingerprint density at radius 2 is 2.00 bits per heavy atom. The fourth-order valence-corrected chi connectivity index (χ4v) is 3.50. The molecule has 2 aromatic rings. The van der Waals surface area contributed by atoms with Crippen LogP contribution in [0.25, 0.3) is 0 Å². The van der Waals surface area contributed by atoms with E-state index in [1.807, 2.05) is 29.8 Å². The van der Waals surface area contributed by atoms with E-state index in [2.05, 4.69) is 48.2 Å². The largest absolute Gasteiger partial charge is 0.378 e. The van der Waals surface area contributed by atoms with Crippen molar-refractivity contribution in [3.05, 3.63) is 52.8 Å². The summed E-state index contributed by atoms with van der Waals surface area (Å²) in [5.74, 6) is 0.0413. The second-order valence-electron chi connectivity index (χ2n) is 7.86. The van der Waals surface area contributed by atoms with Gasteiger partial charge in [0.1, 0.15) is 0 Å². The molecule has 0 bridgehead atoms. The molecule has 1 N–H and O–H groups in total. The normalized spacial score (nSPS) is 17.0. The molecule has 0 radical (unpaired) electrons. The topological polar surface area (TPSA) is 59.4 Å². The molecule has 2 heterocycles. The van der Waals surface area contributed by atoms with Gasteiger partial charge in [0.05, 0.1) is 32.0 Å². The van der Waals surface area contributed by atoms with Gasteiger partial charge in [-0.1, -0.05) is 30.3 Å². The lowest BCUT2D eigenvalue weighted by Crippen LogP contribution is -2.55. The lowest BCUT2D eigenvalue weighted by atomic mass is 10.0. The number of nitrogens with one attached hydrogen (secondary N) is 1. The maximum atomic E-state index is 12.5. The summed E-state index contributed by atoms with van der Waals surface area (Å²) in [5, 5.41) is 7.73. The molecule has 1 aromatic carbocycles. The van der Waals surface area contributed by atoms with E-state index in [4.69, 9.17) is 4.74 Å². The fourth-order valence-electron chi connectivity index (χ4n) is 3.50. The van der Waals surface area contributed by atoms with Crippen LogP contribution in [-0.4, -0.2) is 52.4 Å². The standard InChI is InChI=1S/C21H30N4O2/c1-16-19(17(2)25(23-16)13-18-8-6-5-7-9-18)12-22-20(26)14-24-10-11-27-15-21(24,3)4/h5-9H,10-15H2,1-4H3,(H,22,26). The molecule has 1 fully saturated rings. The zero-order valence-electron chi connectivity index (χ0n) is 16.8. The van der Waals surface area contributed by atoms with Crippen molar-refractivity contribution in [3.8, 4) is 0 Å². The minimum absolute atomic E-state index is 0.0413. The highest BCUT2D eigenvalue weighted by atomic mass is 16.5. The predicted octanol–water partition coefficient (Wildman–Crippen LogP) is 2.28. The molecule has 1 aromatic heterocycles. The number of amides is 1. The second kappa shape index (κ2) is 8.23. The maximum Gasteiger partial charge on any atom is 0.234 e. The van der Waals surface area contributed by atoms with Crippen LogP contribution in [0, 0.1) is 13.8 Å². The van der Waals surface area contributed by atoms with Crippen LogP contribution in [0.2, 0.25) is 0 Å². The zero-order valence-corrected chi connectivity index (χ0v) is 16.8. The third-order valence-electron chi connectivity index (χ3n) is 5.32. The van der Waals surface area contributed by atoms with Gasteiger partial charge in [0.25, 0.3) is 0 Å². The Labute approximate surface area is 161 Å². The number of morpholine rings is 1. The van der Waals surface area contributed by atoms with E-state index >= 15 is 0 Å². The van der Waals surface area contributed by atoms with Gasteiger partial charge in [-0.15, -0.1) is 0 Å². The van der Waals surface area contributed by atoms with Gasteiger partial charge in [-0.25, -0.2) is 0 Å². The molecule has 1 saturated heterocycles. The van der Waals surface area contributed by atoms with Crippen LogP contribution in [0.4, 0.5) is 0 Å². The predicted molar refractivity (Wildman–Crippen MR) is 106 cm³/mol. The lowest BCUT2D eigenvalue weighted by Gasteiger charge is -2.41. The number of hydrogen-bond acceptors (Lipinski definition) is 4. The van der Waals surface area contributed by atoms with E-state index in [9.17, 15) is 4.79 Å². The van der Waals surface area contributed by atoms with E-state index in [0.717, 1.165) is 30.0 Å². The third kappa shape index (κ3) is 4.76. The molecule has 6 nitrogen and oxygen atoms in total. The minimum Gasteiger partial charge on any atom is -0.378 e. The number of carbonyl (C=O) groups excluding carboxylic acids is 1. The molecule has 6 heteroatoms. The first kappa shape index (κ1) is 19.6. The maximum absolute atomic E-state index is 12.5. The van der Waals surface area contributed by atoms with Crippen molar-refractivity contribution in [1.29, 1.82) is 0 Å². The van der Waals surface area contributed by atoms with Crippen LogP contribution < -0.4 is 5.32 Å². The van der Waals surface area contributed by atoms with Crippen LogP contribution in [0.1, 0.15) is 36.4 Å². The van der Waals surface area contributed by atoms with Crippen LogP contribution in [0.3, 0.4) is 0 Å². The Hall–Kier alpha value is -2.18. The molecular formula is C21H30N4O2. The molecule has 0 saturated carbocycles. The lowest BCUT2D eigenvalue weighted by molar-refractivity contribution is -0.127. The van der Waals surface area contributed by atoms with Crippen LogP contribution in [-0.2, 0) is 22.6 Å². The first-order valence-corrected chi connectivity index (χ1v) is 9.53. The average Bonchev–Trinajstić information content (AvgIpc) is 2.89. The van der Waals surface area contributed by atoms with E-state index < -0.39 is 0 Å². The van der Waals surface area contributed by atoms with Crippen molar-refractivity contribution in [1.82, 2.24) is 20.0 Å². The summed E-state index contributed by atoms with van der Waals surface area (Å²) < 4.78 is 7.54. The highest BCUT2D eigenvalue weighted by Gasteiger charge is 2.31. The van der Waals surface area contributed by atoms with Gasteiger partial charge in [0, 0.05) is 29.9 Å². The fraction of sp³-hybridized carbons (Fsp3) is 0.524. The highest BCUT2D eigenvalue weighted by Crippen LogP contribution is 2.18. The summed E-state index contributed by atoms with van der Waals surface area (Å²) >= 11 is 0. The van der Waals surface area contributed by atoms with Gasteiger partial charge in [-0.05, 0) is 33.3 Å². The van der Waals surface area contributed by atoms with E-state index in [-0.39, 0.29) is 11.4 Å². The number of benzene rings is 1. The number of nitrogens with zero attached hydrogens (tertiary/aromatic N) is 3. The summed E-state index contributed by atoms with van der Waals surface area (Å²) in [4.78, 5) is 14.7. The number of carbonyl (C=O) groups is 1. The third-order valence-corrected chi connectivity index (χ3v) is 5.32. The van der Waals surface area contributed by atoms with Crippen LogP contribution in [0.15, 0.2) is 30.3 Å². The van der Waals surface area contributed by atoms with Gasteiger partial charge in [-0.2, -0.15) is 5.10 Å². The van der Waals surface area contributed by atoms with Crippen molar-refractivity contribution in [2.24, 2.45) is 0 Å². The zero-order chi connectivity index (χ0) is 19.4. The van der Waals surface area contributed by atoms with Crippen molar-refractivity contribution >= 4 is 5.91 Å². The molecule has 1 amide bonds. The molecule has 1 aliphatic heterocycles. The van der Waals surface area contributed by atoms with Crippen LogP contribution in [0.5, 0.6) is 0 Å².